The Morgan fingerprint density at radius 1 is 1.25 bits per heavy atom. The average molecular weight is 224 g/mol. The fourth-order valence-corrected chi connectivity index (χ4v) is 1.31. The molecule has 0 bridgehead atoms. The summed E-state index contributed by atoms with van der Waals surface area (Å²) >= 11 is 0. The first-order valence-corrected chi connectivity index (χ1v) is 4.86. The molecule has 0 spiro atoms. The van der Waals surface area contributed by atoms with Gasteiger partial charge in [-0.25, -0.2) is 0 Å². The third-order valence-corrected chi connectivity index (χ3v) is 2.05. The van der Waals surface area contributed by atoms with Crippen molar-refractivity contribution in [2.75, 3.05) is 20.8 Å². The molecule has 1 aromatic rings. The lowest BCUT2D eigenvalue weighted by molar-refractivity contribution is 0.275. The summed E-state index contributed by atoms with van der Waals surface area (Å²) in [6.07, 6.45) is 1.64. The molecule has 16 heavy (non-hydrogen) atoms. The summed E-state index contributed by atoms with van der Waals surface area (Å²) in [5.74, 6) is 1.58. The van der Waals surface area contributed by atoms with Gasteiger partial charge in [-0.15, -0.1) is 0 Å². The third kappa shape index (κ3) is 2.67. The summed E-state index contributed by atoms with van der Waals surface area (Å²) in [5.41, 5.74) is 0.708. The Bertz CT molecular complexity index is 335. The molecule has 0 aliphatic rings. The van der Waals surface area contributed by atoms with Crippen LogP contribution >= 0.6 is 0 Å². The standard InChI is InChI=1S/C12H16O4/c1-4-5-16-12-10(14-2)6-9(8-13)7-11(12)15-3/h4,6-7,13H,1,5,8H2,2-3H3. The van der Waals surface area contributed by atoms with Gasteiger partial charge in [0.25, 0.3) is 0 Å². The molecule has 1 N–H and O–H groups in total. The largest absolute Gasteiger partial charge is 0.493 e. The Hall–Kier alpha value is -1.68. The second-order valence-electron chi connectivity index (χ2n) is 3.09. The van der Waals surface area contributed by atoms with E-state index in [0.717, 1.165) is 0 Å². The minimum absolute atomic E-state index is 0.0749. The van der Waals surface area contributed by atoms with E-state index in [0.29, 0.717) is 29.4 Å². The molecule has 0 amide bonds. The summed E-state index contributed by atoms with van der Waals surface area (Å²) in [6.45, 7) is 3.87. The molecule has 0 aliphatic heterocycles. The predicted molar refractivity (Wildman–Crippen MR) is 61.2 cm³/mol. The van der Waals surface area contributed by atoms with E-state index in [4.69, 9.17) is 19.3 Å². The second kappa shape index (κ2) is 6.02. The number of aliphatic hydroxyl groups excluding tert-OH is 1. The van der Waals surface area contributed by atoms with E-state index >= 15 is 0 Å². The van der Waals surface area contributed by atoms with Gasteiger partial charge in [-0.1, -0.05) is 12.7 Å². The van der Waals surface area contributed by atoms with Crippen LogP contribution in [0.3, 0.4) is 0 Å². The van der Waals surface area contributed by atoms with Gasteiger partial charge in [0.05, 0.1) is 20.8 Å². The Morgan fingerprint density at radius 3 is 2.19 bits per heavy atom. The van der Waals surface area contributed by atoms with Gasteiger partial charge in [0.15, 0.2) is 11.5 Å². The van der Waals surface area contributed by atoms with E-state index in [1.807, 2.05) is 0 Å². The van der Waals surface area contributed by atoms with Gasteiger partial charge in [-0.3, -0.25) is 0 Å². The normalized spacial score (nSPS) is 9.69. The Labute approximate surface area is 95.1 Å². The maximum Gasteiger partial charge on any atom is 0.203 e. The van der Waals surface area contributed by atoms with Gasteiger partial charge < -0.3 is 19.3 Å². The summed E-state index contributed by atoms with van der Waals surface area (Å²) in [6, 6.07) is 3.42. The highest BCUT2D eigenvalue weighted by atomic mass is 16.5. The maximum atomic E-state index is 9.08. The summed E-state index contributed by atoms with van der Waals surface area (Å²) in [4.78, 5) is 0. The van der Waals surface area contributed by atoms with Gasteiger partial charge >= 0.3 is 0 Å². The molecule has 0 saturated carbocycles. The highest BCUT2D eigenvalue weighted by Crippen LogP contribution is 2.38. The molecule has 0 atom stereocenters. The van der Waals surface area contributed by atoms with E-state index in [1.165, 1.54) is 14.2 Å². The number of methoxy groups -OCH3 is 2. The number of hydrogen-bond acceptors (Lipinski definition) is 4. The predicted octanol–water partition coefficient (Wildman–Crippen LogP) is 1.76. The minimum atomic E-state index is -0.0749. The van der Waals surface area contributed by atoms with Crippen molar-refractivity contribution in [3.05, 3.63) is 30.4 Å². The van der Waals surface area contributed by atoms with Crippen molar-refractivity contribution in [2.45, 2.75) is 6.61 Å². The van der Waals surface area contributed by atoms with E-state index in [2.05, 4.69) is 6.58 Å². The number of hydrogen-bond donors (Lipinski definition) is 1. The fourth-order valence-electron chi connectivity index (χ4n) is 1.31. The summed E-state index contributed by atoms with van der Waals surface area (Å²) < 4.78 is 15.8. The zero-order valence-corrected chi connectivity index (χ0v) is 9.53. The SMILES string of the molecule is C=CCOc1c(OC)cc(CO)cc1OC. The Kier molecular flexibility index (Phi) is 4.66. The van der Waals surface area contributed by atoms with Crippen LogP contribution < -0.4 is 14.2 Å². The van der Waals surface area contributed by atoms with E-state index < -0.39 is 0 Å². The summed E-state index contributed by atoms with van der Waals surface area (Å²) in [5, 5.41) is 9.08. The lowest BCUT2D eigenvalue weighted by Crippen LogP contribution is -2.00. The lowest BCUT2D eigenvalue weighted by atomic mass is 10.2. The molecule has 0 aromatic heterocycles. The van der Waals surface area contributed by atoms with Crippen molar-refractivity contribution in [3.8, 4) is 17.2 Å². The highest BCUT2D eigenvalue weighted by molar-refractivity contribution is 5.53. The molecule has 0 saturated heterocycles. The van der Waals surface area contributed by atoms with Crippen molar-refractivity contribution in [1.29, 1.82) is 0 Å². The Balaban J connectivity index is 3.14. The van der Waals surface area contributed by atoms with Crippen LogP contribution in [0.5, 0.6) is 17.2 Å². The number of rotatable bonds is 6. The highest BCUT2D eigenvalue weighted by Gasteiger charge is 2.13. The lowest BCUT2D eigenvalue weighted by Gasteiger charge is -2.14. The molecule has 0 aliphatic carbocycles. The molecule has 88 valence electrons. The molecule has 1 aromatic carbocycles. The van der Waals surface area contributed by atoms with Crippen molar-refractivity contribution < 1.29 is 19.3 Å². The van der Waals surface area contributed by atoms with Gasteiger partial charge in [0.2, 0.25) is 5.75 Å². The van der Waals surface area contributed by atoms with Crippen molar-refractivity contribution >= 4 is 0 Å². The van der Waals surface area contributed by atoms with Gasteiger partial charge in [0.1, 0.15) is 6.61 Å². The molecule has 4 heteroatoms. The smallest absolute Gasteiger partial charge is 0.203 e. The topological polar surface area (TPSA) is 47.9 Å². The zero-order chi connectivity index (χ0) is 12.0. The molecule has 0 unspecified atom stereocenters. The first-order chi connectivity index (χ1) is 7.76. The molecule has 0 fully saturated rings. The Morgan fingerprint density at radius 2 is 1.81 bits per heavy atom. The van der Waals surface area contributed by atoms with Crippen LogP contribution in [0.2, 0.25) is 0 Å². The van der Waals surface area contributed by atoms with Crippen molar-refractivity contribution in [3.63, 3.8) is 0 Å². The minimum Gasteiger partial charge on any atom is -0.493 e. The first-order valence-electron chi connectivity index (χ1n) is 4.86. The molecular formula is C12H16O4. The van der Waals surface area contributed by atoms with E-state index in [9.17, 15) is 0 Å². The number of aliphatic hydroxyl groups is 1. The molecule has 0 radical (unpaired) electrons. The van der Waals surface area contributed by atoms with Gasteiger partial charge in [0, 0.05) is 0 Å². The molecular weight excluding hydrogens is 208 g/mol. The van der Waals surface area contributed by atoms with Crippen LogP contribution in [0, 0.1) is 0 Å². The van der Waals surface area contributed by atoms with Gasteiger partial charge in [-0.05, 0) is 17.7 Å². The van der Waals surface area contributed by atoms with Gasteiger partial charge in [-0.2, -0.15) is 0 Å². The fraction of sp³-hybridized carbons (Fsp3) is 0.333. The van der Waals surface area contributed by atoms with Crippen LogP contribution in [0.1, 0.15) is 5.56 Å². The van der Waals surface area contributed by atoms with Crippen LogP contribution in [-0.2, 0) is 6.61 Å². The number of ether oxygens (including phenoxy) is 3. The second-order valence-corrected chi connectivity index (χ2v) is 3.09. The molecule has 4 nitrogen and oxygen atoms in total. The summed E-state index contributed by atoms with van der Waals surface area (Å²) in [7, 11) is 3.08. The maximum absolute atomic E-state index is 9.08. The molecule has 1 rings (SSSR count). The van der Waals surface area contributed by atoms with E-state index in [1.54, 1.807) is 18.2 Å². The number of benzene rings is 1. The molecule has 0 heterocycles. The average Bonchev–Trinajstić information content (AvgIpc) is 2.35. The van der Waals surface area contributed by atoms with Crippen molar-refractivity contribution in [2.24, 2.45) is 0 Å². The zero-order valence-electron chi connectivity index (χ0n) is 9.53. The monoisotopic (exact) mass is 224 g/mol. The van der Waals surface area contributed by atoms with Crippen LogP contribution in [-0.4, -0.2) is 25.9 Å². The quantitative estimate of drug-likeness (QED) is 0.748. The van der Waals surface area contributed by atoms with Crippen molar-refractivity contribution in [1.82, 2.24) is 0 Å². The van der Waals surface area contributed by atoms with Crippen LogP contribution in [0.4, 0.5) is 0 Å². The third-order valence-electron chi connectivity index (χ3n) is 2.05. The van der Waals surface area contributed by atoms with E-state index in [-0.39, 0.29) is 6.61 Å². The van der Waals surface area contributed by atoms with Crippen LogP contribution in [0.15, 0.2) is 24.8 Å². The first kappa shape index (κ1) is 12.4. The van der Waals surface area contributed by atoms with Crippen LogP contribution in [0.25, 0.3) is 0 Å².